The minimum Gasteiger partial charge on any atom is -0.354 e. The Balaban J connectivity index is 0.00000312. The number of halogens is 1. The summed E-state index contributed by atoms with van der Waals surface area (Å²) in [5, 5.41) is 3.46. The number of hydrogen-bond acceptors (Lipinski definition) is 4. The number of nitrogens with one attached hydrogen (secondary N) is 1. The van der Waals surface area contributed by atoms with Crippen LogP contribution in [0.1, 0.15) is 34.1 Å². The summed E-state index contributed by atoms with van der Waals surface area (Å²) in [5.74, 6) is 2.45. The van der Waals surface area contributed by atoms with E-state index in [1.165, 1.54) is 0 Å². The van der Waals surface area contributed by atoms with Crippen molar-refractivity contribution in [2.75, 3.05) is 50.8 Å². The maximum absolute atomic E-state index is 11.6. The molecule has 8 heteroatoms. The van der Waals surface area contributed by atoms with Gasteiger partial charge in [0.2, 0.25) is 0 Å². The monoisotopic (exact) mass is 486 g/mol. The number of aliphatic imine (C=N–C) groups is 1. The van der Waals surface area contributed by atoms with Crippen LogP contribution in [0.4, 0.5) is 0 Å². The molecule has 0 aliphatic carbocycles. The summed E-state index contributed by atoms with van der Waals surface area (Å²) in [6.07, 6.45) is 0.753. The third-order valence-corrected chi connectivity index (χ3v) is 6.38. The quantitative estimate of drug-likeness (QED) is 0.364. The molecule has 2 aliphatic rings. The molecule has 0 aromatic carbocycles. The van der Waals surface area contributed by atoms with Gasteiger partial charge >= 0.3 is 0 Å². The molecule has 1 atom stereocenters. The fourth-order valence-corrected chi connectivity index (χ4v) is 5.23. The van der Waals surface area contributed by atoms with Crippen molar-refractivity contribution in [2.24, 2.45) is 16.8 Å². The number of rotatable bonds is 5. The van der Waals surface area contributed by atoms with Gasteiger partial charge in [-0.05, 0) is 32.1 Å². The van der Waals surface area contributed by atoms with Crippen LogP contribution in [0, 0.1) is 11.8 Å². The molecular weight excluding hydrogens is 451 g/mol. The highest BCUT2D eigenvalue weighted by atomic mass is 127. The topological polar surface area (TPSA) is 65.0 Å². The molecule has 1 N–H and O–H groups in total. The lowest BCUT2D eigenvalue weighted by atomic mass is 10.1. The van der Waals surface area contributed by atoms with Crippen LogP contribution in [0.2, 0.25) is 0 Å². The first kappa shape index (κ1) is 23.0. The minimum absolute atomic E-state index is 0. The summed E-state index contributed by atoms with van der Waals surface area (Å²) in [7, 11) is -2.82. The van der Waals surface area contributed by atoms with E-state index in [-0.39, 0.29) is 29.9 Å². The molecule has 2 saturated heterocycles. The molecule has 25 heavy (non-hydrogen) atoms. The molecule has 0 aromatic heterocycles. The Morgan fingerprint density at radius 1 is 1.16 bits per heavy atom. The van der Waals surface area contributed by atoms with Gasteiger partial charge in [-0.1, -0.05) is 13.8 Å². The first-order chi connectivity index (χ1) is 11.2. The average molecular weight is 486 g/mol. The maximum atomic E-state index is 11.6. The van der Waals surface area contributed by atoms with Gasteiger partial charge in [-0.3, -0.25) is 9.89 Å². The Hall–Kier alpha value is -0.0900. The highest BCUT2D eigenvalue weighted by Crippen LogP contribution is 2.18. The van der Waals surface area contributed by atoms with Gasteiger partial charge in [-0.25, -0.2) is 8.42 Å². The Morgan fingerprint density at radius 2 is 1.80 bits per heavy atom. The first-order valence-corrected chi connectivity index (χ1v) is 11.1. The van der Waals surface area contributed by atoms with Gasteiger partial charge in [-0.2, -0.15) is 0 Å². The average Bonchev–Trinajstić information content (AvgIpc) is 2.83. The predicted octanol–water partition coefficient (Wildman–Crippen LogP) is 1.67. The van der Waals surface area contributed by atoms with Crippen LogP contribution in [0.3, 0.4) is 0 Å². The van der Waals surface area contributed by atoms with Gasteiger partial charge in [0, 0.05) is 45.3 Å². The molecule has 0 saturated carbocycles. The standard InChI is InChI=1S/C17H34N4O2S.HI/c1-14(2)12-20-6-8-21(9-7-20)17(19-15(3)4)18-11-16-5-10-24(22,23)13-16;/h14-16H,5-13H2,1-4H3,(H,18,19);1H. The minimum atomic E-state index is -2.82. The second kappa shape index (κ2) is 10.3. The first-order valence-electron chi connectivity index (χ1n) is 9.24. The molecule has 2 rings (SSSR count). The number of guanidine groups is 1. The molecule has 0 spiro atoms. The SMILES string of the molecule is CC(C)CN1CCN(C(=NCC2CCS(=O)(=O)C2)NC(C)C)CC1.I. The van der Waals surface area contributed by atoms with Crippen LogP contribution in [0.5, 0.6) is 0 Å². The number of piperazine rings is 1. The zero-order valence-electron chi connectivity index (χ0n) is 16.1. The largest absolute Gasteiger partial charge is 0.354 e. The summed E-state index contributed by atoms with van der Waals surface area (Å²) < 4.78 is 23.2. The van der Waals surface area contributed by atoms with Crippen LogP contribution >= 0.6 is 24.0 Å². The number of hydrogen-bond donors (Lipinski definition) is 1. The molecule has 6 nitrogen and oxygen atoms in total. The molecule has 1 unspecified atom stereocenters. The maximum Gasteiger partial charge on any atom is 0.194 e. The van der Waals surface area contributed by atoms with Crippen molar-refractivity contribution in [3.8, 4) is 0 Å². The molecule has 2 heterocycles. The summed E-state index contributed by atoms with van der Waals surface area (Å²) in [5.41, 5.74) is 0. The third-order valence-electron chi connectivity index (χ3n) is 4.54. The molecule has 0 aromatic rings. The van der Waals surface area contributed by atoms with Crippen molar-refractivity contribution in [1.82, 2.24) is 15.1 Å². The highest BCUT2D eigenvalue weighted by molar-refractivity contribution is 14.0. The van der Waals surface area contributed by atoms with Crippen molar-refractivity contribution in [1.29, 1.82) is 0 Å². The van der Waals surface area contributed by atoms with Gasteiger partial charge in [0.15, 0.2) is 15.8 Å². The van der Waals surface area contributed by atoms with Crippen LogP contribution in [0.25, 0.3) is 0 Å². The molecule has 2 fully saturated rings. The third kappa shape index (κ3) is 7.99. The van der Waals surface area contributed by atoms with Crippen molar-refractivity contribution >= 4 is 39.8 Å². The Kier molecular flexibility index (Phi) is 9.45. The van der Waals surface area contributed by atoms with Gasteiger partial charge in [0.05, 0.1) is 11.5 Å². The predicted molar refractivity (Wildman–Crippen MR) is 116 cm³/mol. The van der Waals surface area contributed by atoms with Crippen molar-refractivity contribution in [3.05, 3.63) is 0 Å². The van der Waals surface area contributed by atoms with Gasteiger partial charge in [0.1, 0.15) is 0 Å². The molecule has 0 bridgehead atoms. The van der Waals surface area contributed by atoms with E-state index in [2.05, 4.69) is 42.8 Å². The second-order valence-electron chi connectivity index (χ2n) is 7.91. The van der Waals surface area contributed by atoms with Gasteiger partial charge in [-0.15, -0.1) is 24.0 Å². The van der Waals surface area contributed by atoms with E-state index in [1.54, 1.807) is 0 Å². The second-order valence-corrected chi connectivity index (χ2v) is 10.1. The smallest absolute Gasteiger partial charge is 0.194 e. The van der Waals surface area contributed by atoms with Gasteiger partial charge in [0.25, 0.3) is 0 Å². The normalized spacial score (nSPS) is 24.6. The van der Waals surface area contributed by atoms with Crippen molar-refractivity contribution in [2.45, 2.75) is 40.2 Å². The summed E-state index contributed by atoms with van der Waals surface area (Å²) in [4.78, 5) is 9.60. The summed E-state index contributed by atoms with van der Waals surface area (Å²) in [6, 6.07) is 0.324. The fraction of sp³-hybridized carbons (Fsp3) is 0.941. The molecule has 2 aliphatic heterocycles. The van der Waals surface area contributed by atoms with Crippen molar-refractivity contribution < 1.29 is 8.42 Å². The van der Waals surface area contributed by atoms with E-state index >= 15 is 0 Å². The zero-order valence-corrected chi connectivity index (χ0v) is 19.2. The van der Waals surface area contributed by atoms with E-state index in [0.717, 1.165) is 45.1 Å². The van der Waals surface area contributed by atoms with E-state index in [9.17, 15) is 8.42 Å². The van der Waals surface area contributed by atoms with E-state index in [0.29, 0.717) is 30.0 Å². The molecule has 0 radical (unpaired) electrons. The van der Waals surface area contributed by atoms with Crippen LogP contribution in [0.15, 0.2) is 4.99 Å². The lowest BCUT2D eigenvalue weighted by Crippen LogP contribution is -2.54. The summed E-state index contributed by atoms with van der Waals surface area (Å²) in [6.45, 7) is 14.6. The molecular formula is C17H35IN4O2S. The Labute approximate surface area is 170 Å². The Bertz CT molecular complexity index is 529. The fourth-order valence-electron chi connectivity index (χ4n) is 3.39. The van der Waals surface area contributed by atoms with E-state index in [4.69, 9.17) is 4.99 Å². The van der Waals surface area contributed by atoms with Crippen LogP contribution in [-0.2, 0) is 9.84 Å². The van der Waals surface area contributed by atoms with Crippen molar-refractivity contribution in [3.63, 3.8) is 0 Å². The summed E-state index contributed by atoms with van der Waals surface area (Å²) >= 11 is 0. The lowest BCUT2D eigenvalue weighted by Gasteiger charge is -2.37. The molecule has 148 valence electrons. The number of nitrogens with zero attached hydrogens (tertiary/aromatic N) is 3. The van der Waals surface area contributed by atoms with Crippen LogP contribution < -0.4 is 5.32 Å². The molecule has 0 amide bonds. The van der Waals surface area contributed by atoms with E-state index in [1.807, 2.05) is 0 Å². The Morgan fingerprint density at radius 3 is 2.28 bits per heavy atom. The van der Waals surface area contributed by atoms with E-state index < -0.39 is 9.84 Å². The lowest BCUT2D eigenvalue weighted by molar-refractivity contribution is 0.163. The van der Waals surface area contributed by atoms with Gasteiger partial charge < -0.3 is 10.2 Å². The van der Waals surface area contributed by atoms with Crippen LogP contribution in [-0.4, -0.2) is 81.0 Å². The highest BCUT2D eigenvalue weighted by Gasteiger charge is 2.28. The zero-order chi connectivity index (χ0) is 17.7. The number of sulfone groups is 1.